The Balaban J connectivity index is 3.12. The lowest BCUT2D eigenvalue weighted by molar-refractivity contribution is 0.205. The molecule has 0 saturated heterocycles. The molecular formula is C9H9BrCl2N2O2. The minimum absolute atomic E-state index is 0.223. The van der Waals surface area contributed by atoms with E-state index < -0.39 is 12.1 Å². The van der Waals surface area contributed by atoms with Crippen LogP contribution in [0.5, 0.6) is 0 Å². The van der Waals surface area contributed by atoms with Gasteiger partial charge in [-0.25, -0.2) is 4.79 Å². The highest BCUT2D eigenvalue weighted by atomic mass is 79.9. The number of aliphatic hydroxyl groups excluding tert-OH is 1. The number of hydrogen-bond acceptors (Lipinski definition) is 2. The van der Waals surface area contributed by atoms with Gasteiger partial charge in [-0.1, -0.05) is 39.1 Å². The summed E-state index contributed by atoms with van der Waals surface area (Å²) < 4.78 is 0. The zero-order chi connectivity index (χ0) is 12.3. The number of hydrogen-bond donors (Lipinski definition) is 3. The smallest absolute Gasteiger partial charge is 0.316 e. The van der Waals surface area contributed by atoms with Crippen LogP contribution < -0.4 is 11.1 Å². The van der Waals surface area contributed by atoms with Crippen LogP contribution in [0.15, 0.2) is 12.1 Å². The molecule has 0 bridgehead atoms. The summed E-state index contributed by atoms with van der Waals surface area (Å²) in [6.07, 6.45) is -0.711. The number of alkyl halides is 1. The van der Waals surface area contributed by atoms with Gasteiger partial charge >= 0.3 is 6.03 Å². The maximum absolute atomic E-state index is 10.7. The number of carbonyl (C=O) groups is 1. The van der Waals surface area contributed by atoms with Crippen molar-refractivity contribution >= 4 is 50.9 Å². The van der Waals surface area contributed by atoms with Crippen LogP contribution in [0, 0.1) is 0 Å². The summed E-state index contributed by atoms with van der Waals surface area (Å²) in [5.74, 6) is 0. The number of halogens is 3. The SMILES string of the molecule is NC(=O)Nc1c(Cl)cc(C(O)CBr)cc1Cl. The van der Waals surface area contributed by atoms with Crippen LogP contribution in [-0.4, -0.2) is 16.5 Å². The van der Waals surface area contributed by atoms with Gasteiger partial charge in [-0.2, -0.15) is 0 Å². The van der Waals surface area contributed by atoms with Gasteiger partial charge < -0.3 is 16.2 Å². The molecular weight excluding hydrogens is 319 g/mol. The van der Waals surface area contributed by atoms with E-state index >= 15 is 0 Å². The molecule has 1 unspecified atom stereocenters. The second-order valence-corrected chi connectivity index (χ2v) is 4.48. The molecule has 1 atom stereocenters. The minimum Gasteiger partial charge on any atom is -0.388 e. The van der Waals surface area contributed by atoms with Crippen molar-refractivity contribution in [2.75, 3.05) is 10.6 Å². The fourth-order valence-electron chi connectivity index (χ4n) is 1.12. The lowest BCUT2D eigenvalue weighted by atomic mass is 10.1. The molecule has 0 aliphatic carbocycles. The average Bonchev–Trinajstić information content (AvgIpc) is 2.21. The molecule has 7 heteroatoms. The van der Waals surface area contributed by atoms with E-state index in [4.69, 9.17) is 28.9 Å². The molecule has 88 valence electrons. The van der Waals surface area contributed by atoms with E-state index in [2.05, 4.69) is 21.2 Å². The molecule has 4 N–H and O–H groups in total. The average molecular weight is 328 g/mol. The predicted octanol–water partition coefficient (Wildman–Crippen LogP) is 2.91. The zero-order valence-electron chi connectivity index (χ0n) is 8.01. The summed E-state index contributed by atoms with van der Waals surface area (Å²) in [6.45, 7) is 0. The van der Waals surface area contributed by atoms with Crippen molar-refractivity contribution in [2.45, 2.75) is 6.10 Å². The van der Waals surface area contributed by atoms with E-state index in [1.165, 1.54) is 12.1 Å². The van der Waals surface area contributed by atoms with Gasteiger partial charge in [0.15, 0.2) is 0 Å². The van der Waals surface area contributed by atoms with Crippen LogP contribution in [0.3, 0.4) is 0 Å². The molecule has 2 amide bonds. The Hall–Kier alpha value is -0.490. The number of aliphatic hydroxyl groups is 1. The third kappa shape index (κ3) is 3.25. The summed E-state index contributed by atoms with van der Waals surface area (Å²) in [4.78, 5) is 10.7. The van der Waals surface area contributed by atoms with Gasteiger partial charge in [-0.15, -0.1) is 0 Å². The van der Waals surface area contributed by atoms with Crippen molar-refractivity contribution in [1.29, 1.82) is 0 Å². The Kier molecular flexibility index (Phi) is 4.86. The topological polar surface area (TPSA) is 75.4 Å². The number of primary amides is 1. The lowest BCUT2D eigenvalue weighted by Gasteiger charge is -2.12. The van der Waals surface area contributed by atoms with E-state index in [-0.39, 0.29) is 15.7 Å². The molecule has 16 heavy (non-hydrogen) atoms. The third-order valence-corrected chi connectivity index (χ3v) is 3.05. The van der Waals surface area contributed by atoms with Crippen molar-refractivity contribution in [1.82, 2.24) is 0 Å². The first-order chi connectivity index (χ1) is 7.45. The second-order valence-electron chi connectivity index (χ2n) is 3.02. The van der Waals surface area contributed by atoms with E-state index in [9.17, 15) is 9.90 Å². The molecule has 0 aromatic heterocycles. The van der Waals surface area contributed by atoms with Crippen molar-refractivity contribution in [3.63, 3.8) is 0 Å². The quantitative estimate of drug-likeness (QED) is 0.747. The van der Waals surface area contributed by atoms with Gasteiger partial charge in [-0.05, 0) is 17.7 Å². The first-order valence-electron chi connectivity index (χ1n) is 4.25. The van der Waals surface area contributed by atoms with Crippen molar-refractivity contribution < 1.29 is 9.90 Å². The minimum atomic E-state index is -0.752. The van der Waals surface area contributed by atoms with Gasteiger partial charge in [-0.3, -0.25) is 0 Å². The van der Waals surface area contributed by atoms with Gasteiger partial charge in [0, 0.05) is 5.33 Å². The van der Waals surface area contributed by atoms with Crippen molar-refractivity contribution in [3.8, 4) is 0 Å². The Morgan fingerprint density at radius 1 is 1.50 bits per heavy atom. The standard InChI is InChI=1S/C9H9BrCl2N2O2/c10-3-7(15)4-1-5(11)8(6(12)2-4)14-9(13)16/h1-2,7,15H,3H2,(H3,13,14,16). The first kappa shape index (κ1) is 13.6. The van der Waals surface area contributed by atoms with E-state index in [1.807, 2.05) is 0 Å². The fraction of sp³-hybridized carbons (Fsp3) is 0.222. The summed E-state index contributed by atoms with van der Waals surface area (Å²) in [7, 11) is 0. The molecule has 0 fully saturated rings. The Morgan fingerprint density at radius 3 is 2.38 bits per heavy atom. The molecule has 0 saturated carbocycles. The highest BCUT2D eigenvalue weighted by Crippen LogP contribution is 2.34. The lowest BCUT2D eigenvalue weighted by Crippen LogP contribution is -2.19. The van der Waals surface area contributed by atoms with Gasteiger partial charge in [0.1, 0.15) is 0 Å². The normalized spacial score (nSPS) is 12.2. The van der Waals surface area contributed by atoms with Gasteiger partial charge in [0.2, 0.25) is 0 Å². The number of anilines is 1. The first-order valence-corrected chi connectivity index (χ1v) is 6.13. The summed E-state index contributed by atoms with van der Waals surface area (Å²) in [5.41, 5.74) is 5.76. The fourth-order valence-corrected chi connectivity index (χ4v) is 2.09. The third-order valence-electron chi connectivity index (χ3n) is 1.84. The van der Waals surface area contributed by atoms with Gasteiger partial charge in [0.25, 0.3) is 0 Å². The van der Waals surface area contributed by atoms with Crippen LogP contribution >= 0.6 is 39.1 Å². The number of amides is 2. The maximum Gasteiger partial charge on any atom is 0.316 e. The van der Waals surface area contributed by atoms with E-state index in [1.54, 1.807) is 0 Å². The number of carbonyl (C=O) groups excluding carboxylic acids is 1. The second kappa shape index (κ2) is 5.72. The molecule has 1 aromatic rings. The van der Waals surface area contributed by atoms with Crippen molar-refractivity contribution in [3.05, 3.63) is 27.7 Å². The predicted molar refractivity (Wildman–Crippen MR) is 68.4 cm³/mol. The molecule has 1 rings (SSSR count). The van der Waals surface area contributed by atoms with E-state index in [0.29, 0.717) is 10.9 Å². The van der Waals surface area contributed by atoms with Crippen molar-refractivity contribution in [2.24, 2.45) is 5.73 Å². The Bertz CT molecular complexity index is 391. The number of urea groups is 1. The highest BCUT2D eigenvalue weighted by Gasteiger charge is 2.13. The Labute approximate surface area is 111 Å². The number of rotatable bonds is 3. The number of benzene rings is 1. The molecule has 0 heterocycles. The monoisotopic (exact) mass is 326 g/mol. The number of nitrogens with two attached hydrogens (primary N) is 1. The van der Waals surface area contributed by atoms with Crippen LogP contribution in [0.25, 0.3) is 0 Å². The van der Waals surface area contributed by atoms with Crippen LogP contribution in [0.2, 0.25) is 10.0 Å². The molecule has 0 aliphatic rings. The Morgan fingerprint density at radius 2 is 2.00 bits per heavy atom. The molecule has 4 nitrogen and oxygen atoms in total. The summed E-state index contributed by atoms with van der Waals surface area (Å²) >= 11 is 14.9. The van der Waals surface area contributed by atoms with Crippen LogP contribution in [0.4, 0.5) is 10.5 Å². The highest BCUT2D eigenvalue weighted by molar-refractivity contribution is 9.09. The molecule has 0 spiro atoms. The largest absolute Gasteiger partial charge is 0.388 e. The maximum atomic E-state index is 10.7. The van der Waals surface area contributed by atoms with Crippen LogP contribution in [-0.2, 0) is 0 Å². The number of nitrogens with one attached hydrogen (secondary N) is 1. The molecule has 0 radical (unpaired) electrons. The molecule has 1 aromatic carbocycles. The zero-order valence-corrected chi connectivity index (χ0v) is 11.1. The molecule has 0 aliphatic heterocycles. The van der Waals surface area contributed by atoms with Gasteiger partial charge in [0.05, 0.1) is 21.8 Å². The van der Waals surface area contributed by atoms with Crippen LogP contribution in [0.1, 0.15) is 11.7 Å². The van der Waals surface area contributed by atoms with E-state index in [0.717, 1.165) is 0 Å². The summed E-state index contributed by atoms with van der Waals surface area (Å²) in [5, 5.41) is 12.7. The summed E-state index contributed by atoms with van der Waals surface area (Å²) in [6, 6.07) is 2.28.